The highest BCUT2D eigenvalue weighted by molar-refractivity contribution is 6.27. The lowest BCUT2D eigenvalue weighted by molar-refractivity contribution is -0.137. The van der Waals surface area contributed by atoms with Crippen LogP contribution in [0.3, 0.4) is 0 Å². The van der Waals surface area contributed by atoms with Crippen molar-refractivity contribution in [3.63, 3.8) is 0 Å². The molecule has 3 aromatic rings. The molecule has 4 rings (SSSR count). The standard InChI is InChI=1S/C17H8F3N3O2/c18-17(19,20)9-5-7-10(8-6-9)23-14-13(21-22-23)15(24)11-3-1-2-4-12(11)16(14)25/h1-8H. The maximum absolute atomic E-state index is 12.7. The molecular formula is C17H8F3N3O2. The summed E-state index contributed by atoms with van der Waals surface area (Å²) in [5.41, 5.74) is -0.317. The van der Waals surface area contributed by atoms with Gasteiger partial charge in [-0.05, 0) is 24.3 Å². The highest BCUT2D eigenvalue weighted by Gasteiger charge is 2.35. The summed E-state index contributed by atoms with van der Waals surface area (Å²) in [4.78, 5) is 25.2. The number of rotatable bonds is 1. The monoisotopic (exact) mass is 343 g/mol. The zero-order chi connectivity index (χ0) is 17.8. The number of carbonyl (C=O) groups excluding carboxylic acids is 2. The Balaban J connectivity index is 1.84. The molecule has 0 amide bonds. The van der Waals surface area contributed by atoms with Gasteiger partial charge in [0, 0.05) is 11.1 Å². The van der Waals surface area contributed by atoms with Gasteiger partial charge in [0.1, 0.15) is 5.69 Å². The minimum absolute atomic E-state index is 0.0524. The van der Waals surface area contributed by atoms with Gasteiger partial charge >= 0.3 is 6.18 Å². The maximum atomic E-state index is 12.7. The lowest BCUT2D eigenvalue weighted by Gasteiger charge is -2.14. The van der Waals surface area contributed by atoms with Gasteiger partial charge in [0.25, 0.3) is 0 Å². The first-order chi connectivity index (χ1) is 11.9. The number of fused-ring (bicyclic) bond motifs is 2. The van der Waals surface area contributed by atoms with Crippen molar-refractivity contribution in [1.82, 2.24) is 15.0 Å². The van der Waals surface area contributed by atoms with Gasteiger partial charge in [-0.15, -0.1) is 5.10 Å². The largest absolute Gasteiger partial charge is 0.416 e. The number of aromatic nitrogens is 3. The zero-order valence-corrected chi connectivity index (χ0v) is 12.4. The van der Waals surface area contributed by atoms with Crippen LogP contribution in [0, 0.1) is 0 Å². The van der Waals surface area contributed by atoms with E-state index in [2.05, 4.69) is 10.3 Å². The predicted octanol–water partition coefficient (Wildman–Crippen LogP) is 3.06. The molecule has 0 atom stereocenters. The molecular weight excluding hydrogens is 335 g/mol. The lowest BCUT2D eigenvalue weighted by atomic mass is 9.90. The van der Waals surface area contributed by atoms with E-state index in [-0.39, 0.29) is 28.2 Å². The van der Waals surface area contributed by atoms with E-state index in [1.165, 1.54) is 24.3 Å². The summed E-state index contributed by atoms with van der Waals surface area (Å²) in [5, 5.41) is 7.54. The Bertz CT molecular complexity index is 1020. The molecule has 0 bridgehead atoms. The van der Waals surface area contributed by atoms with Crippen LogP contribution < -0.4 is 0 Å². The zero-order valence-electron chi connectivity index (χ0n) is 12.4. The van der Waals surface area contributed by atoms with Gasteiger partial charge in [0.2, 0.25) is 11.6 Å². The third kappa shape index (κ3) is 2.25. The second-order valence-electron chi connectivity index (χ2n) is 5.45. The molecule has 0 spiro atoms. The number of ketones is 2. The fraction of sp³-hybridized carbons (Fsp3) is 0.0588. The Hall–Kier alpha value is -3.29. The van der Waals surface area contributed by atoms with Crippen LogP contribution in [-0.2, 0) is 6.18 Å². The minimum Gasteiger partial charge on any atom is -0.287 e. The second-order valence-corrected chi connectivity index (χ2v) is 5.45. The summed E-state index contributed by atoms with van der Waals surface area (Å²) < 4.78 is 39.1. The Morgan fingerprint density at radius 1 is 0.840 bits per heavy atom. The number of hydrogen-bond donors (Lipinski definition) is 0. The number of benzene rings is 2. The minimum atomic E-state index is -4.47. The third-order valence-electron chi connectivity index (χ3n) is 3.96. The van der Waals surface area contributed by atoms with Crippen LogP contribution in [0.4, 0.5) is 13.2 Å². The van der Waals surface area contributed by atoms with E-state index in [9.17, 15) is 22.8 Å². The van der Waals surface area contributed by atoms with Crippen LogP contribution in [-0.4, -0.2) is 26.6 Å². The van der Waals surface area contributed by atoms with Gasteiger partial charge in [-0.25, -0.2) is 4.68 Å². The molecule has 1 aliphatic rings. The summed E-state index contributed by atoms with van der Waals surface area (Å²) in [5.74, 6) is -0.890. The number of nitrogens with zero attached hydrogens (tertiary/aromatic N) is 3. The molecule has 1 aliphatic carbocycles. The summed E-state index contributed by atoms with van der Waals surface area (Å²) >= 11 is 0. The highest BCUT2D eigenvalue weighted by atomic mass is 19.4. The molecule has 0 unspecified atom stereocenters. The van der Waals surface area contributed by atoms with Crippen molar-refractivity contribution >= 4 is 11.6 Å². The number of hydrogen-bond acceptors (Lipinski definition) is 4. The van der Waals surface area contributed by atoms with E-state index >= 15 is 0 Å². The van der Waals surface area contributed by atoms with Gasteiger partial charge in [0.15, 0.2) is 5.69 Å². The summed E-state index contributed by atoms with van der Waals surface area (Å²) in [6, 6.07) is 10.4. The molecule has 0 saturated carbocycles. The fourth-order valence-corrected chi connectivity index (χ4v) is 2.75. The van der Waals surface area contributed by atoms with Crippen molar-refractivity contribution in [2.24, 2.45) is 0 Å². The summed E-state index contributed by atoms with van der Waals surface area (Å²) in [6.45, 7) is 0. The van der Waals surface area contributed by atoms with E-state index in [0.29, 0.717) is 0 Å². The van der Waals surface area contributed by atoms with Gasteiger partial charge in [-0.2, -0.15) is 13.2 Å². The van der Waals surface area contributed by atoms with Crippen molar-refractivity contribution in [1.29, 1.82) is 0 Å². The van der Waals surface area contributed by atoms with Gasteiger partial charge in [-0.1, -0.05) is 29.5 Å². The average molecular weight is 343 g/mol. The molecule has 5 nitrogen and oxygen atoms in total. The lowest BCUT2D eigenvalue weighted by Crippen LogP contribution is -2.23. The van der Waals surface area contributed by atoms with Crippen molar-refractivity contribution in [3.05, 3.63) is 76.6 Å². The second kappa shape index (κ2) is 5.10. The molecule has 0 saturated heterocycles. The molecule has 124 valence electrons. The molecule has 0 fully saturated rings. The van der Waals surface area contributed by atoms with Crippen LogP contribution in [0.5, 0.6) is 0 Å². The summed E-state index contributed by atoms with van der Waals surface area (Å²) in [7, 11) is 0. The van der Waals surface area contributed by atoms with Crippen LogP contribution in [0.15, 0.2) is 48.5 Å². The number of carbonyl (C=O) groups is 2. The van der Waals surface area contributed by atoms with Crippen molar-refractivity contribution < 1.29 is 22.8 Å². The van der Waals surface area contributed by atoms with Crippen molar-refractivity contribution in [2.75, 3.05) is 0 Å². The number of alkyl halides is 3. The van der Waals surface area contributed by atoms with E-state index < -0.39 is 23.3 Å². The van der Waals surface area contributed by atoms with E-state index in [4.69, 9.17) is 0 Å². The molecule has 1 heterocycles. The van der Waals surface area contributed by atoms with E-state index in [1.54, 1.807) is 12.1 Å². The van der Waals surface area contributed by atoms with E-state index in [0.717, 1.165) is 16.8 Å². The molecule has 1 aromatic heterocycles. The molecule has 0 aliphatic heterocycles. The first-order valence-corrected chi connectivity index (χ1v) is 7.19. The molecule has 0 N–H and O–H groups in total. The van der Waals surface area contributed by atoms with E-state index in [1.807, 2.05) is 0 Å². The van der Waals surface area contributed by atoms with Crippen molar-refractivity contribution in [3.8, 4) is 5.69 Å². The Morgan fingerprint density at radius 2 is 1.44 bits per heavy atom. The first kappa shape index (κ1) is 15.3. The normalized spacial score (nSPS) is 13.6. The van der Waals surface area contributed by atoms with Gasteiger partial charge in [-0.3, -0.25) is 9.59 Å². The smallest absolute Gasteiger partial charge is 0.287 e. The fourth-order valence-electron chi connectivity index (χ4n) is 2.75. The topological polar surface area (TPSA) is 64.8 Å². The van der Waals surface area contributed by atoms with Crippen LogP contribution in [0.1, 0.15) is 37.7 Å². The quantitative estimate of drug-likeness (QED) is 0.533. The van der Waals surface area contributed by atoms with Crippen molar-refractivity contribution in [2.45, 2.75) is 6.18 Å². The average Bonchev–Trinajstić information content (AvgIpc) is 3.04. The summed E-state index contributed by atoms with van der Waals surface area (Å²) in [6.07, 6.45) is -4.47. The third-order valence-corrected chi connectivity index (χ3v) is 3.96. The molecule has 8 heteroatoms. The van der Waals surface area contributed by atoms with Gasteiger partial charge < -0.3 is 0 Å². The predicted molar refractivity (Wildman–Crippen MR) is 79.7 cm³/mol. The molecule has 25 heavy (non-hydrogen) atoms. The molecule has 0 radical (unpaired) electrons. The maximum Gasteiger partial charge on any atom is 0.416 e. The highest BCUT2D eigenvalue weighted by Crippen LogP contribution is 2.31. The SMILES string of the molecule is O=C1c2ccccc2C(=O)c2c1nnn2-c1ccc(C(F)(F)F)cc1. The van der Waals surface area contributed by atoms with Crippen LogP contribution >= 0.6 is 0 Å². The first-order valence-electron chi connectivity index (χ1n) is 7.19. The Morgan fingerprint density at radius 3 is 2.04 bits per heavy atom. The van der Waals surface area contributed by atoms with Gasteiger partial charge in [0.05, 0.1) is 11.3 Å². The van der Waals surface area contributed by atoms with Crippen LogP contribution in [0.25, 0.3) is 5.69 Å². The Labute approximate surface area is 138 Å². The molecule has 2 aromatic carbocycles. The van der Waals surface area contributed by atoms with Crippen LogP contribution in [0.2, 0.25) is 0 Å². The number of halogens is 3. The Kier molecular flexibility index (Phi) is 3.11.